The zero-order chi connectivity index (χ0) is 10.1. The van der Waals surface area contributed by atoms with Gasteiger partial charge in [-0.1, -0.05) is 6.92 Å². The van der Waals surface area contributed by atoms with Crippen LogP contribution in [0, 0.1) is 6.92 Å². The number of aryl methyl sites for hydroxylation is 1. The minimum atomic E-state index is 0.343. The lowest BCUT2D eigenvalue weighted by Crippen LogP contribution is -1.86. The first kappa shape index (κ1) is 10.2. The molecule has 2 aromatic rings. The van der Waals surface area contributed by atoms with Crippen molar-refractivity contribution >= 4 is 44.9 Å². The van der Waals surface area contributed by atoms with Crippen LogP contribution < -0.4 is 0 Å². The lowest BCUT2D eigenvalue weighted by molar-refractivity contribution is 1.11. The van der Waals surface area contributed by atoms with Gasteiger partial charge in [0.2, 0.25) is 5.28 Å². The van der Waals surface area contributed by atoms with E-state index in [-0.39, 0.29) is 0 Å². The van der Waals surface area contributed by atoms with Crippen molar-refractivity contribution in [3.8, 4) is 0 Å². The highest BCUT2D eigenvalue weighted by atomic mass is 35.5. The van der Waals surface area contributed by atoms with Gasteiger partial charge in [-0.3, -0.25) is 0 Å². The van der Waals surface area contributed by atoms with E-state index < -0.39 is 0 Å². The summed E-state index contributed by atoms with van der Waals surface area (Å²) in [6, 6.07) is 2.12. The van der Waals surface area contributed by atoms with Gasteiger partial charge in [-0.05, 0) is 30.3 Å². The van der Waals surface area contributed by atoms with Gasteiger partial charge in [-0.25, -0.2) is 9.97 Å². The Bertz CT molecular complexity index is 467. The minimum Gasteiger partial charge on any atom is -0.211 e. The predicted molar refractivity (Wildman–Crippen MR) is 63.6 cm³/mol. The number of thiophene rings is 1. The predicted octanol–water partition coefficient (Wildman–Crippen LogP) is 3.77. The van der Waals surface area contributed by atoms with E-state index in [9.17, 15) is 0 Å². The second kappa shape index (κ2) is 4.04. The minimum absolute atomic E-state index is 0.343. The van der Waals surface area contributed by atoms with E-state index in [4.69, 9.17) is 11.6 Å². The first-order valence-electron chi connectivity index (χ1n) is 4.27. The Morgan fingerprint density at radius 2 is 2.29 bits per heavy atom. The second-order valence-electron chi connectivity index (χ2n) is 2.81. The summed E-state index contributed by atoms with van der Waals surface area (Å²) in [5, 5.41) is 2.46. The normalized spacial score (nSPS) is 11.1. The molecule has 0 spiro atoms. The number of thioether (sulfide) groups is 1. The summed E-state index contributed by atoms with van der Waals surface area (Å²) in [7, 11) is 0. The standard InChI is InChI=1S/C9H9ClN2S2/c1-3-13-7-6-4-5(2)14-8(6)12-9(10)11-7/h4H,3H2,1-2H3. The summed E-state index contributed by atoms with van der Waals surface area (Å²) in [5.41, 5.74) is 0. The summed E-state index contributed by atoms with van der Waals surface area (Å²) in [4.78, 5) is 10.7. The van der Waals surface area contributed by atoms with Gasteiger partial charge in [0, 0.05) is 10.3 Å². The van der Waals surface area contributed by atoms with Crippen LogP contribution in [0.15, 0.2) is 11.1 Å². The average Bonchev–Trinajstić information content (AvgIpc) is 2.45. The molecule has 0 unspecified atom stereocenters. The van der Waals surface area contributed by atoms with Crippen LogP contribution in [-0.2, 0) is 0 Å². The summed E-state index contributed by atoms with van der Waals surface area (Å²) in [6.45, 7) is 4.17. The van der Waals surface area contributed by atoms with Crippen molar-refractivity contribution in [3.63, 3.8) is 0 Å². The first-order chi connectivity index (χ1) is 6.70. The molecule has 74 valence electrons. The summed E-state index contributed by atoms with van der Waals surface area (Å²) < 4.78 is 0. The fourth-order valence-electron chi connectivity index (χ4n) is 1.24. The van der Waals surface area contributed by atoms with E-state index in [2.05, 4.69) is 29.9 Å². The monoisotopic (exact) mass is 244 g/mol. The van der Waals surface area contributed by atoms with Crippen LogP contribution in [0.2, 0.25) is 5.28 Å². The molecule has 0 aliphatic rings. The number of aromatic nitrogens is 2. The second-order valence-corrected chi connectivity index (χ2v) is 5.63. The zero-order valence-electron chi connectivity index (χ0n) is 7.87. The Balaban J connectivity index is 2.66. The van der Waals surface area contributed by atoms with Crippen molar-refractivity contribution in [2.45, 2.75) is 18.9 Å². The largest absolute Gasteiger partial charge is 0.224 e. The molecule has 2 aromatic heterocycles. The van der Waals surface area contributed by atoms with Gasteiger partial charge in [0.1, 0.15) is 9.86 Å². The molecule has 0 saturated carbocycles. The van der Waals surface area contributed by atoms with Crippen LogP contribution in [0.3, 0.4) is 0 Å². The molecule has 0 saturated heterocycles. The van der Waals surface area contributed by atoms with Crippen molar-refractivity contribution < 1.29 is 0 Å². The topological polar surface area (TPSA) is 25.8 Å². The number of fused-ring (bicyclic) bond motifs is 1. The Morgan fingerprint density at radius 3 is 3.00 bits per heavy atom. The number of nitrogens with zero attached hydrogens (tertiary/aromatic N) is 2. The van der Waals surface area contributed by atoms with Crippen molar-refractivity contribution in [2.75, 3.05) is 5.75 Å². The highest BCUT2D eigenvalue weighted by Crippen LogP contribution is 2.31. The third-order valence-electron chi connectivity index (χ3n) is 1.73. The van der Waals surface area contributed by atoms with E-state index >= 15 is 0 Å². The van der Waals surface area contributed by atoms with Gasteiger partial charge < -0.3 is 0 Å². The quantitative estimate of drug-likeness (QED) is 0.457. The maximum absolute atomic E-state index is 5.84. The molecular formula is C9H9ClN2S2. The Hall–Kier alpha value is -0.320. The van der Waals surface area contributed by atoms with Gasteiger partial charge in [-0.15, -0.1) is 23.1 Å². The fourth-order valence-corrected chi connectivity index (χ4v) is 3.19. The number of hydrogen-bond acceptors (Lipinski definition) is 4. The van der Waals surface area contributed by atoms with E-state index in [0.29, 0.717) is 5.28 Å². The van der Waals surface area contributed by atoms with E-state index in [1.54, 1.807) is 23.1 Å². The Kier molecular flexibility index (Phi) is 2.95. The van der Waals surface area contributed by atoms with Crippen LogP contribution in [0.5, 0.6) is 0 Å². The van der Waals surface area contributed by atoms with Crippen molar-refractivity contribution in [3.05, 3.63) is 16.2 Å². The number of rotatable bonds is 2. The molecule has 0 fully saturated rings. The fraction of sp³-hybridized carbons (Fsp3) is 0.333. The van der Waals surface area contributed by atoms with E-state index in [1.807, 2.05) is 0 Å². The van der Waals surface area contributed by atoms with Gasteiger partial charge >= 0.3 is 0 Å². The smallest absolute Gasteiger partial charge is 0.211 e. The third-order valence-corrected chi connectivity index (χ3v) is 3.72. The summed E-state index contributed by atoms with van der Waals surface area (Å²) in [5.74, 6) is 0.997. The molecule has 0 N–H and O–H groups in total. The average molecular weight is 245 g/mol. The zero-order valence-corrected chi connectivity index (χ0v) is 10.3. The van der Waals surface area contributed by atoms with Crippen LogP contribution in [0.25, 0.3) is 10.2 Å². The maximum Gasteiger partial charge on any atom is 0.224 e. The lowest BCUT2D eigenvalue weighted by atomic mass is 10.4. The molecule has 0 aliphatic heterocycles. The van der Waals surface area contributed by atoms with Crippen LogP contribution in [0.1, 0.15) is 11.8 Å². The highest BCUT2D eigenvalue weighted by molar-refractivity contribution is 7.99. The molecular weight excluding hydrogens is 236 g/mol. The first-order valence-corrected chi connectivity index (χ1v) is 6.45. The molecule has 5 heteroatoms. The molecule has 0 aliphatic carbocycles. The van der Waals surface area contributed by atoms with Gasteiger partial charge in [0.15, 0.2) is 0 Å². The SMILES string of the molecule is CCSc1nc(Cl)nc2sc(C)cc12. The van der Waals surface area contributed by atoms with Gasteiger partial charge in [-0.2, -0.15) is 0 Å². The lowest BCUT2D eigenvalue weighted by Gasteiger charge is -1.99. The summed E-state index contributed by atoms with van der Waals surface area (Å²) in [6.07, 6.45) is 0. The molecule has 2 nitrogen and oxygen atoms in total. The van der Waals surface area contributed by atoms with Gasteiger partial charge in [0.05, 0.1) is 0 Å². The van der Waals surface area contributed by atoms with Crippen LogP contribution in [0.4, 0.5) is 0 Å². The molecule has 0 aromatic carbocycles. The molecule has 0 atom stereocenters. The molecule has 0 radical (unpaired) electrons. The van der Waals surface area contributed by atoms with Crippen molar-refractivity contribution in [1.29, 1.82) is 0 Å². The number of halogens is 1. The summed E-state index contributed by atoms with van der Waals surface area (Å²) >= 11 is 9.20. The Morgan fingerprint density at radius 1 is 1.50 bits per heavy atom. The third kappa shape index (κ3) is 1.87. The molecule has 0 bridgehead atoms. The van der Waals surface area contributed by atoms with Crippen molar-refractivity contribution in [2.24, 2.45) is 0 Å². The molecule has 0 amide bonds. The van der Waals surface area contributed by atoms with Crippen LogP contribution >= 0.6 is 34.7 Å². The molecule has 2 rings (SSSR count). The van der Waals surface area contributed by atoms with E-state index in [1.165, 1.54) is 4.88 Å². The number of hydrogen-bond donors (Lipinski definition) is 0. The van der Waals surface area contributed by atoms with Crippen LogP contribution in [-0.4, -0.2) is 15.7 Å². The molecule has 14 heavy (non-hydrogen) atoms. The molecule has 2 heterocycles. The van der Waals surface area contributed by atoms with Crippen molar-refractivity contribution in [1.82, 2.24) is 9.97 Å². The van der Waals surface area contributed by atoms with E-state index in [0.717, 1.165) is 21.0 Å². The Labute approximate surface area is 95.7 Å². The van der Waals surface area contributed by atoms with Gasteiger partial charge in [0.25, 0.3) is 0 Å². The maximum atomic E-state index is 5.84. The highest BCUT2D eigenvalue weighted by Gasteiger charge is 2.08.